The van der Waals surface area contributed by atoms with Gasteiger partial charge in [0.15, 0.2) is 0 Å². The van der Waals surface area contributed by atoms with Gasteiger partial charge in [0.05, 0.1) is 10.6 Å². The fraction of sp³-hybridized carbons (Fsp3) is 0.364. The molecule has 0 saturated heterocycles. The molecule has 0 amide bonds. The lowest BCUT2D eigenvalue weighted by Crippen LogP contribution is -2.10. The van der Waals surface area contributed by atoms with Crippen molar-refractivity contribution in [3.63, 3.8) is 0 Å². The van der Waals surface area contributed by atoms with Gasteiger partial charge >= 0.3 is 0 Å². The summed E-state index contributed by atoms with van der Waals surface area (Å²) in [6.45, 7) is 2.74. The Kier molecular flexibility index (Phi) is 2.98. The summed E-state index contributed by atoms with van der Waals surface area (Å²) in [4.78, 5) is 5.12. The molecular formula is C11H14N2OS. The first-order valence-corrected chi connectivity index (χ1v) is 6.12. The number of hydrogen-bond acceptors (Lipinski definition) is 3. The maximum atomic E-state index is 11.8. The molecule has 1 N–H and O–H groups in total. The second kappa shape index (κ2) is 4.24. The number of benzene rings is 1. The Morgan fingerprint density at radius 2 is 2.27 bits per heavy atom. The Morgan fingerprint density at radius 3 is 3.00 bits per heavy atom. The zero-order valence-electron chi connectivity index (χ0n) is 8.91. The molecule has 1 aromatic carbocycles. The van der Waals surface area contributed by atoms with Crippen LogP contribution in [0.25, 0.3) is 0 Å². The molecule has 1 atom stereocenters. The SMILES string of the molecule is CNCCc1ccc2c(c1)S(=O)C(C)=N2. The van der Waals surface area contributed by atoms with E-state index >= 15 is 0 Å². The van der Waals surface area contributed by atoms with Crippen LogP contribution in [-0.2, 0) is 17.2 Å². The fourth-order valence-electron chi connectivity index (χ4n) is 1.59. The lowest BCUT2D eigenvalue weighted by Gasteiger charge is -2.02. The van der Waals surface area contributed by atoms with Crippen LogP contribution in [0, 0.1) is 0 Å². The molecule has 1 aromatic rings. The van der Waals surface area contributed by atoms with Gasteiger partial charge in [-0.15, -0.1) is 0 Å². The first-order valence-electron chi connectivity index (χ1n) is 4.97. The molecule has 0 bridgehead atoms. The maximum absolute atomic E-state index is 11.8. The molecule has 1 aliphatic rings. The lowest BCUT2D eigenvalue weighted by atomic mass is 10.1. The Hall–Kier alpha value is -1.00. The molecule has 1 unspecified atom stereocenters. The zero-order chi connectivity index (χ0) is 10.8. The molecule has 0 aliphatic carbocycles. The standard InChI is InChI=1S/C11H14N2OS/c1-8-13-10-4-3-9(5-6-12-2)7-11(10)15(8)14/h3-4,7,12H,5-6H2,1-2H3. The topological polar surface area (TPSA) is 41.5 Å². The third-order valence-corrected chi connectivity index (χ3v) is 3.79. The molecule has 3 nitrogen and oxygen atoms in total. The van der Waals surface area contributed by atoms with Crippen molar-refractivity contribution in [2.24, 2.45) is 4.99 Å². The Bertz CT molecular complexity index is 440. The van der Waals surface area contributed by atoms with E-state index in [0.29, 0.717) is 5.04 Å². The van der Waals surface area contributed by atoms with Crippen molar-refractivity contribution >= 4 is 21.5 Å². The van der Waals surface area contributed by atoms with E-state index in [1.807, 2.05) is 26.1 Å². The molecule has 15 heavy (non-hydrogen) atoms. The van der Waals surface area contributed by atoms with Crippen molar-refractivity contribution in [2.75, 3.05) is 13.6 Å². The van der Waals surface area contributed by atoms with Crippen LogP contribution in [0.5, 0.6) is 0 Å². The predicted molar refractivity (Wildman–Crippen MR) is 63.3 cm³/mol. The second-order valence-corrected chi connectivity index (χ2v) is 5.12. The summed E-state index contributed by atoms with van der Waals surface area (Å²) in [6, 6.07) is 6.01. The van der Waals surface area contributed by atoms with Crippen molar-refractivity contribution in [2.45, 2.75) is 18.2 Å². The van der Waals surface area contributed by atoms with Gasteiger partial charge in [0.2, 0.25) is 0 Å². The normalized spacial score (nSPS) is 18.8. The first-order chi connectivity index (χ1) is 7.22. The van der Waals surface area contributed by atoms with Crippen molar-refractivity contribution in [3.05, 3.63) is 23.8 Å². The smallest absolute Gasteiger partial charge is 0.107 e. The summed E-state index contributed by atoms with van der Waals surface area (Å²) >= 11 is 0. The van der Waals surface area contributed by atoms with Crippen molar-refractivity contribution < 1.29 is 4.21 Å². The molecule has 1 heterocycles. The maximum Gasteiger partial charge on any atom is 0.107 e. The number of hydrogen-bond donors (Lipinski definition) is 1. The first kappa shape index (κ1) is 10.5. The Balaban J connectivity index is 2.27. The number of nitrogens with one attached hydrogen (secondary N) is 1. The van der Waals surface area contributed by atoms with Crippen LogP contribution in [0.3, 0.4) is 0 Å². The highest BCUT2D eigenvalue weighted by Gasteiger charge is 2.19. The summed E-state index contributed by atoms with van der Waals surface area (Å²) in [5, 5.41) is 3.80. The minimum atomic E-state index is -1.03. The van der Waals surface area contributed by atoms with E-state index in [9.17, 15) is 4.21 Å². The second-order valence-electron chi connectivity index (χ2n) is 3.56. The van der Waals surface area contributed by atoms with E-state index in [1.165, 1.54) is 5.56 Å². The van der Waals surface area contributed by atoms with Crippen LogP contribution in [-0.4, -0.2) is 22.8 Å². The highest BCUT2D eigenvalue weighted by molar-refractivity contribution is 8.01. The number of aliphatic imine (C=N–C) groups is 1. The Morgan fingerprint density at radius 1 is 1.47 bits per heavy atom. The van der Waals surface area contributed by atoms with E-state index < -0.39 is 10.8 Å². The third-order valence-electron chi connectivity index (χ3n) is 2.43. The number of fused-ring (bicyclic) bond motifs is 1. The summed E-state index contributed by atoms with van der Waals surface area (Å²) in [5.41, 5.74) is 2.07. The van der Waals surface area contributed by atoms with Gasteiger partial charge < -0.3 is 5.32 Å². The average molecular weight is 222 g/mol. The van der Waals surface area contributed by atoms with Crippen LogP contribution >= 0.6 is 0 Å². The van der Waals surface area contributed by atoms with E-state index in [0.717, 1.165) is 23.5 Å². The number of likely N-dealkylation sites (N-methyl/N-ethyl adjacent to an activating group) is 1. The molecule has 80 valence electrons. The Labute approximate surface area is 92.1 Å². The molecule has 1 aliphatic heterocycles. The van der Waals surface area contributed by atoms with Gasteiger partial charge in [0.25, 0.3) is 0 Å². The van der Waals surface area contributed by atoms with Crippen LogP contribution in [0.15, 0.2) is 28.1 Å². The number of rotatable bonds is 3. The predicted octanol–water partition coefficient (Wildman–Crippen LogP) is 1.62. The third kappa shape index (κ3) is 2.01. The number of nitrogens with zero attached hydrogens (tertiary/aromatic N) is 1. The molecule has 0 saturated carbocycles. The van der Waals surface area contributed by atoms with Crippen molar-refractivity contribution in [1.82, 2.24) is 5.32 Å². The van der Waals surface area contributed by atoms with Gasteiger partial charge in [0.1, 0.15) is 15.8 Å². The van der Waals surface area contributed by atoms with E-state index in [4.69, 9.17) is 0 Å². The molecule has 0 fully saturated rings. The fourth-order valence-corrected chi connectivity index (χ4v) is 2.66. The summed E-state index contributed by atoms with van der Waals surface area (Å²) in [7, 11) is 0.901. The average Bonchev–Trinajstić information content (AvgIpc) is 2.52. The molecule has 0 spiro atoms. The molecule has 0 aromatic heterocycles. The van der Waals surface area contributed by atoms with Crippen molar-refractivity contribution in [1.29, 1.82) is 0 Å². The minimum absolute atomic E-state index is 0.704. The monoisotopic (exact) mass is 222 g/mol. The van der Waals surface area contributed by atoms with E-state index in [-0.39, 0.29) is 0 Å². The van der Waals surface area contributed by atoms with Crippen LogP contribution in [0.1, 0.15) is 12.5 Å². The highest BCUT2D eigenvalue weighted by atomic mass is 32.2. The molecule has 0 radical (unpaired) electrons. The highest BCUT2D eigenvalue weighted by Crippen LogP contribution is 2.30. The summed E-state index contributed by atoms with van der Waals surface area (Å²) < 4.78 is 11.8. The quantitative estimate of drug-likeness (QED) is 0.844. The van der Waals surface area contributed by atoms with Gasteiger partial charge in [-0.05, 0) is 44.6 Å². The summed E-state index contributed by atoms with van der Waals surface area (Å²) in [6.07, 6.45) is 0.958. The largest absolute Gasteiger partial charge is 0.319 e. The lowest BCUT2D eigenvalue weighted by molar-refractivity contribution is 0.690. The zero-order valence-corrected chi connectivity index (χ0v) is 9.73. The van der Waals surface area contributed by atoms with Crippen LogP contribution in [0.4, 0.5) is 5.69 Å². The van der Waals surface area contributed by atoms with Gasteiger partial charge in [-0.2, -0.15) is 0 Å². The summed E-state index contributed by atoms with van der Waals surface area (Å²) in [5.74, 6) is 0. The van der Waals surface area contributed by atoms with Crippen LogP contribution in [0.2, 0.25) is 0 Å². The molecular weight excluding hydrogens is 208 g/mol. The van der Waals surface area contributed by atoms with Gasteiger partial charge in [-0.25, -0.2) is 9.20 Å². The molecule has 4 heteroatoms. The van der Waals surface area contributed by atoms with E-state index in [2.05, 4.69) is 16.4 Å². The van der Waals surface area contributed by atoms with Crippen LogP contribution < -0.4 is 5.32 Å². The van der Waals surface area contributed by atoms with Gasteiger partial charge in [0, 0.05) is 0 Å². The van der Waals surface area contributed by atoms with Gasteiger partial charge in [-0.1, -0.05) is 6.07 Å². The van der Waals surface area contributed by atoms with Crippen molar-refractivity contribution in [3.8, 4) is 0 Å². The van der Waals surface area contributed by atoms with E-state index in [1.54, 1.807) is 0 Å². The molecule has 2 rings (SSSR count). The minimum Gasteiger partial charge on any atom is -0.319 e. The van der Waals surface area contributed by atoms with Gasteiger partial charge in [-0.3, -0.25) is 0 Å².